The molecule has 1 amide bonds. The molecule has 2 aromatic carbocycles. The highest BCUT2D eigenvalue weighted by atomic mass is 19.1. The lowest BCUT2D eigenvalue weighted by atomic mass is 9.71. The number of hydrogen-bond donors (Lipinski definition) is 0. The summed E-state index contributed by atoms with van der Waals surface area (Å²) in [4.78, 5) is 20.9. The van der Waals surface area contributed by atoms with Crippen molar-refractivity contribution in [2.24, 2.45) is 5.92 Å². The topological polar surface area (TPSA) is 42.4 Å². The van der Waals surface area contributed by atoms with Gasteiger partial charge in [0.1, 0.15) is 5.82 Å². The van der Waals surface area contributed by atoms with Crippen LogP contribution in [0.2, 0.25) is 0 Å². The lowest BCUT2D eigenvalue weighted by Gasteiger charge is -2.46. The maximum Gasteiger partial charge on any atom is 0.234 e. The van der Waals surface area contributed by atoms with Gasteiger partial charge in [-0.2, -0.15) is 0 Å². The number of aromatic nitrogens is 1. The first-order chi connectivity index (χ1) is 16.7. The summed E-state index contributed by atoms with van der Waals surface area (Å²) in [5.74, 6) is 0.400. The van der Waals surface area contributed by atoms with Crippen LogP contribution in [0.1, 0.15) is 49.7 Å². The molecule has 0 radical (unpaired) electrons. The first kappa shape index (κ1) is 21.7. The van der Waals surface area contributed by atoms with Gasteiger partial charge in [-0.15, -0.1) is 0 Å². The van der Waals surface area contributed by atoms with Crippen molar-refractivity contribution in [3.8, 4) is 0 Å². The Morgan fingerprint density at radius 3 is 2.53 bits per heavy atom. The highest BCUT2D eigenvalue weighted by Crippen LogP contribution is 2.46. The van der Waals surface area contributed by atoms with E-state index in [-0.39, 0.29) is 23.8 Å². The van der Waals surface area contributed by atoms with Gasteiger partial charge in [0.2, 0.25) is 5.91 Å². The van der Waals surface area contributed by atoms with Crippen molar-refractivity contribution in [2.45, 2.75) is 62.4 Å². The number of fused-ring (bicyclic) bond motifs is 3. The van der Waals surface area contributed by atoms with E-state index in [2.05, 4.69) is 34.1 Å². The Morgan fingerprint density at radius 2 is 1.76 bits per heavy atom. The zero-order valence-electron chi connectivity index (χ0n) is 19.5. The third-order valence-corrected chi connectivity index (χ3v) is 8.45. The summed E-state index contributed by atoms with van der Waals surface area (Å²) in [7, 11) is 0. The lowest BCUT2D eigenvalue weighted by Crippen LogP contribution is -2.56. The summed E-state index contributed by atoms with van der Waals surface area (Å²) in [6.45, 7) is 1.00. The number of ether oxygens (including phenoxy) is 1. The quantitative estimate of drug-likeness (QED) is 0.523. The third kappa shape index (κ3) is 3.61. The van der Waals surface area contributed by atoms with Crippen molar-refractivity contribution in [3.63, 3.8) is 0 Å². The molecule has 3 aromatic rings. The fourth-order valence-electron chi connectivity index (χ4n) is 6.86. The molecule has 3 fully saturated rings. The molecule has 0 saturated carbocycles. The van der Waals surface area contributed by atoms with E-state index >= 15 is 0 Å². The third-order valence-electron chi connectivity index (χ3n) is 8.45. The minimum atomic E-state index is -0.807. The Hall–Kier alpha value is -2.79. The molecular weight excluding hydrogens is 427 g/mol. The minimum Gasteiger partial charge on any atom is -0.381 e. The molecule has 5 heteroatoms. The van der Waals surface area contributed by atoms with Crippen LogP contribution in [-0.4, -0.2) is 41.1 Å². The van der Waals surface area contributed by atoms with E-state index in [4.69, 9.17) is 4.74 Å². The van der Waals surface area contributed by atoms with E-state index in [0.717, 1.165) is 37.6 Å². The number of carbonyl (C=O) groups excluding carboxylic acids is 1. The van der Waals surface area contributed by atoms with Crippen molar-refractivity contribution < 1.29 is 13.9 Å². The Balaban J connectivity index is 1.26. The molecule has 3 aliphatic rings. The zero-order chi connectivity index (χ0) is 23.1. The summed E-state index contributed by atoms with van der Waals surface area (Å²) < 4.78 is 20.6. The molecular formula is C29H31FN2O2. The molecule has 4 nitrogen and oxygen atoms in total. The summed E-state index contributed by atoms with van der Waals surface area (Å²) in [5.41, 5.74) is 2.13. The van der Waals surface area contributed by atoms with E-state index in [1.54, 1.807) is 6.07 Å². The van der Waals surface area contributed by atoms with Gasteiger partial charge in [0, 0.05) is 42.4 Å². The second kappa shape index (κ2) is 8.77. The fourth-order valence-corrected chi connectivity index (χ4v) is 6.86. The number of halogens is 1. The standard InChI is InChI=1S/C29H31FN2O2/c30-26-8-2-1-7-25(26)29(12-15-34-16-13-29)28(33)32-22-10-11-23(32)19-20(18-22)17-21-5-3-9-27-24(21)6-4-14-31-27/h1-9,14,20,22-23H,10-13,15-19H2/t22-,23-/m0/s1. The van der Waals surface area contributed by atoms with Gasteiger partial charge >= 0.3 is 0 Å². The Kier molecular flexibility index (Phi) is 5.60. The molecule has 0 N–H and O–H groups in total. The Labute approximate surface area is 200 Å². The van der Waals surface area contributed by atoms with Gasteiger partial charge in [-0.25, -0.2) is 4.39 Å². The van der Waals surface area contributed by atoms with Gasteiger partial charge in [0.15, 0.2) is 0 Å². The summed E-state index contributed by atoms with van der Waals surface area (Å²) in [5, 5.41) is 1.23. The van der Waals surface area contributed by atoms with Gasteiger partial charge < -0.3 is 9.64 Å². The summed E-state index contributed by atoms with van der Waals surface area (Å²) in [6, 6.07) is 17.9. The van der Waals surface area contributed by atoms with Crippen LogP contribution in [0.25, 0.3) is 10.9 Å². The van der Waals surface area contributed by atoms with Crippen LogP contribution < -0.4 is 0 Å². The minimum absolute atomic E-state index is 0.126. The second-order valence-electron chi connectivity index (χ2n) is 10.3. The van der Waals surface area contributed by atoms with Crippen LogP contribution in [0, 0.1) is 11.7 Å². The van der Waals surface area contributed by atoms with Gasteiger partial charge in [0.25, 0.3) is 0 Å². The molecule has 0 aliphatic carbocycles. The van der Waals surface area contributed by atoms with Gasteiger partial charge in [-0.3, -0.25) is 9.78 Å². The Morgan fingerprint density at radius 1 is 1.00 bits per heavy atom. The largest absolute Gasteiger partial charge is 0.381 e. The van der Waals surface area contributed by atoms with Gasteiger partial charge in [0.05, 0.1) is 10.9 Å². The van der Waals surface area contributed by atoms with Crippen molar-refractivity contribution >= 4 is 16.8 Å². The van der Waals surface area contributed by atoms with Crippen molar-refractivity contribution in [1.82, 2.24) is 9.88 Å². The molecule has 4 heterocycles. The normalized spacial score (nSPS) is 26.0. The molecule has 3 aliphatic heterocycles. The number of rotatable bonds is 4. The van der Waals surface area contributed by atoms with E-state index < -0.39 is 5.41 Å². The molecule has 34 heavy (non-hydrogen) atoms. The predicted molar refractivity (Wildman–Crippen MR) is 130 cm³/mol. The maximum absolute atomic E-state index is 15.0. The molecule has 2 atom stereocenters. The van der Waals surface area contributed by atoms with E-state index in [1.165, 1.54) is 17.0 Å². The van der Waals surface area contributed by atoms with Crippen LogP contribution in [0.5, 0.6) is 0 Å². The number of hydrogen-bond acceptors (Lipinski definition) is 3. The number of benzene rings is 2. The molecule has 3 saturated heterocycles. The molecule has 176 valence electrons. The maximum atomic E-state index is 15.0. The first-order valence-corrected chi connectivity index (χ1v) is 12.6. The number of amides is 1. The van der Waals surface area contributed by atoms with E-state index in [1.807, 2.05) is 24.4 Å². The van der Waals surface area contributed by atoms with E-state index in [0.29, 0.717) is 37.5 Å². The van der Waals surface area contributed by atoms with Gasteiger partial charge in [-0.1, -0.05) is 36.4 Å². The Bertz CT molecular complexity index is 1190. The lowest BCUT2D eigenvalue weighted by molar-refractivity contribution is -0.147. The van der Waals surface area contributed by atoms with Crippen LogP contribution in [0.4, 0.5) is 4.39 Å². The van der Waals surface area contributed by atoms with Crippen LogP contribution >= 0.6 is 0 Å². The average molecular weight is 459 g/mol. The molecule has 6 rings (SSSR count). The predicted octanol–water partition coefficient (Wildman–Crippen LogP) is 5.43. The van der Waals surface area contributed by atoms with Crippen molar-refractivity contribution in [3.05, 3.63) is 77.7 Å². The first-order valence-electron chi connectivity index (χ1n) is 12.6. The SMILES string of the molecule is O=C(N1[C@H]2CC[C@H]1CC(Cc1cccc3ncccc13)C2)C1(c2ccccc2F)CCOCC1. The summed E-state index contributed by atoms with van der Waals surface area (Å²) >= 11 is 0. The van der Waals surface area contributed by atoms with Crippen molar-refractivity contribution in [2.75, 3.05) is 13.2 Å². The number of pyridine rings is 1. The number of carbonyl (C=O) groups is 1. The highest BCUT2D eigenvalue weighted by Gasteiger charge is 2.52. The van der Waals surface area contributed by atoms with Crippen molar-refractivity contribution in [1.29, 1.82) is 0 Å². The fraction of sp³-hybridized carbons (Fsp3) is 0.448. The average Bonchev–Trinajstić information content (AvgIpc) is 3.14. The molecule has 1 aromatic heterocycles. The second-order valence-corrected chi connectivity index (χ2v) is 10.3. The van der Waals surface area contributed by atoms with Gasteiger partial charge in [-0.05, 0) is 74.6 Å². The zero-order valence-corrected chi connectivity index (χ0v) is 19.5. The number of nitrogens with zero attached hydrogens (tertiary/aromatic N) is 2. The monoisotopic (exact) mass is 458 g/mol. The number of piperidine rings is 1. The van der Waals surface area contributed by atoms with Crippen LogP contribution in [-0.2, 0) is 21.4 Å². The summed E-state index contributed by atoms with van der Waals surface area (Å²) in [6.07, 6.45) is 8.10. The molecule has 0 unspecified atom stereocenters. The van der Waals surface area contributed by atoms with Crippen LogP contribution in [0.15, 0.2) is 60.8 Å². The highest BCUT2D eigenvalue weighted by molar-refractivity contribution is 5.89. The van der Waals surface area contributed by atoms with Crippen LogP contribution in [0.3, 0.4) is 0 Å². The smallest absolute Gasteiger partial charge is 0.234 e. The van der Waals surface area contributed by atoms with E-state index in [9.17, 15) is 9.18 Å². The molecule has 2 bridgehead atoms. The molecule has 0 spiro atoms.